The summed E-state index contributed by atoms with van der Waals surface area (Å²) in [6, 6.07) is 13.6. The molecule has 104 valence electrons. The molecular formula is C16H16BrFN2. The molecule has 0 fully saturated rings. The third kappa shape index (κ3) is 2.51. The molecule has 2 nitrogen and oxygen atoms in total. The highest BCUT2D eigenvalue weighted by molar-refractivity contribution is 9.10. The van der Waals surface area contributed by atoms with Crippen LogP contribution in [0.15, 0.2) is 46.9 Å². The first-order valence-corrected chi connectivity index (χ1v) is 7.46. The van der Waals surface area contributed by atoms with Crippen LogP contribution in [-0.2, 0) is 12.8 Å². The molecule has 0 aromatic heterocycles. The van der Waals surface area contributed by atoms with Crippen molar-refractivity contribution in [1.82, 2.24) is 5.43 Å². The summed E-state index contributed by atoms with van der Waals surface area (Å²) >= 11 is 3.27. The first-order valence-electron chi connectivity index (χ1n) is 6.67. The second-order valence-corrected chi connectivity index (χ2v) is 6.14. The summed E-state index contributed by atoms with van der Waals surface area (Å²) in [7, 11) is 0. The van der Waals surface area contributed by atoms with Crippen molar-refractivity contribution in [3.63, 3.8) is 0 Å². The lowest BCUT2D eigenvalue weighted by Gasteiger charge is -2.36. The summed E-state index contributed by atoms with van der Waals surface area (Å²) in [5, 5.41) is 0. The quantitative estimate of drug-likeness (QED) is 0.665. The van der Waals surface area contributed by atoms with Gasteiger partial charge in [0.05, 0.1) is 0 Å². The van der Waals surface area contributed by atoms with E-state index in [1.54, 1.807) is 0 Å². The molecule has 2 atom stereocenters. The lowest BCUT2D eigenvalue weighted by Crippen LogP contribution is -2.45. The van der Waals surface area contributed by atoms with E-state index >= 15 is 0 Å². The van der Waals surface area contributed by atoms with Crippen molar-refractivity contribution in [3.05, 3.63) is 69.4 Å². The van der Waals surface area contributed by atoms with Crippen molar-refractivity contribution in [1.29, 1.82) is 0 Å². The summed E-state index contributed by atoms with van der Waals surface area (Å²) in [5.41, 5.74) is 6.25. The number of rotatable bonds is 4. The minimum Gasteiger partial charge on any atom is -0.271 e. The van der Waals surface area contributed by atoms with Crippen LogP contribution in [0.3, 0.4) is 0 Å². The number of hydrazine groups is 1. The lowest BCUT2D eigenvalue weighted by molar-refractivity contribution is 0.399. The van der Waals surface area contributed by atoms with E-state index < -0.39 is 0 Å². The number of nitrogens with one attached hydrogen (secondary N) is 1. The molecule has 0 spiro atoms. The van der Waals surface area contributed by atoms with Crippen LogP contribution >= 0.6 is 15.9 Å². The number of nitrogens with two attached hydrogens (primary N) is 1. The van der Waals surface area contributed by atoms with Gasteiger partial charge in [0.1, 0.15) is 5.82 Å². The van der Waals surface area contributed by atoms with Gasteiger partial charge in [-0.3, -0.25) is 11.3 Å². The molecule has 2 aromatic carbocycles. The zero-order valence-electron chi connectivity index (χ0n) is 10.9. The molecule has 2 aromatic rings. The number of benzene rings is 2. The SMILES string of the molecule is NNC(Cc1ccc(Br)cc1F)C1Cc2ccccc21. The molecule has 0 saturated carbocycles. The lowest BCUT2D eigenvalue weighted by atomic mass is 9.72. The largest absolute Gasteiger partial charge is 0.271 e. The molecule has 0 heterocycles. The molecule has 4 heteroatoms. The van der Waals surface area contributed by atoms with Crippen molar-refractivity contribution in [2.75, 3.05) is 0 Å². The fraction of sp³-hybridized carbons (Fsp3) is 0.250. The smallest absolute Gasteiger partial charge is 0.127 e. The van der Waals surface area contributed by atoms with Gasteiger partial charge in [0.2, 0.25) is 0 Å². The number of fused-ring (bicyclic) bond motifs is 1. The van der Waals surface area contributed by atoms with Gasteiger partial charge in [-0.15, -0.1) is 0 Å². The highest BCUT2D eigenvalue weighted by Crippen LogP contribution is 2.38. The Morgan fingerprint density at radius 2 is 2.10 bits per heavy atom. The van der Waals surface area contributed by atoms with Gasteiger partial charge in [0, 0.05) is 16.4 Å². The molecule has 1 aliphatic rings. The second kappa shape index (κ2) is 5.64. The van der Waals surface area contributed by atoms with E-state index in [4.69, 9.17) is 5.84 Å². The van der Waals surface area contributed by atoms with Gasteiger partial charge in [-0.1, -0.05) is 46.3 Å². The van der Waals surface area contributed by atoms with Crippen molar-refractivity contribution >= 4 is 15.9 Å². The van der Waals surface area contributed by atoms with Crippen LogP contribution in [-0.4, -0.2) is 6.04 Å². The van der Waals surface area contributed by atoms with Gasteiger partial charge in [-0.25, -0.2) is 4.39 Å². The van der Waals surface area contributed by atoms with Crippen molar-refractivity contribution in [3.8, 4) is 0 Å². The van der Waals surface area contributed by atoms with E-state index in [1.807, 2.05) is 24.3 Å². The van der Waals surface area contributed by atoms with Crippen LogP contribution in [0.2, 0.25) is 0 Å². The van der Waals surface area contributed by atoms with Crippen LogP contribution in [0.5, 0.6) is 0 Å². The zero-order chi connectivity index (χ0) is 14.1. The summed E-state index contributed by atoms with van der Waals surface area (Å²) in [6.45, 7) is 0. The number of hydrogen-bond acceptors (Lipinski definition) is 2. The number of halogens is 2. The molecule has 0 amide bonds. The first kappa shape index (κ1) is 13.7. The Bertz CT molecular complexity index is 630. The van der Waals surface area contributed by atoms with Gasteiger partial charge in [-0.05, 0) is 41.7 Å². The fourth-order valence-corrected chi connectivity index (χ4v) is 3.23. The molecule has 0 aliphatic heterocycles. The topological polar surface area (TPSA) is 38.0 Å². The van der Waals surface area contributed by atoms with Gasteiger partial charge in [0.25, 0.3) is 0 Å². The van der Waals surface area contributed by atoms with Crippen LogP contribution in [0.25, 0.3) is 0 Å². The average Bonchev–Trinajstić information content (AvgIpc) is 2.41. The van der Waals surface area contributed by atoms with Crippen LogP contribution in [0, 0.1) is 5.82 Å². The third-order valence-corrected chi connectivity index (χ3v) is 4.54. The molecule has 0 bridgehead atoms. The molecule has 0 saturated heterocycles. The van der Waals surface area contributed by atoms with E-state index in [1.165, 1.54) is 17.2 Å². The zero-order valence-corrected chi connectivity index (χ0v) is 12.5. The highest BCUT2D eigenvalue weighted by atomic mass is 79.9. The van der Waals surface area contributed by atoms with E-state index in [2.05, 4.69) is 33.5 Å². The van der Waals surface area contributed by atoms with Crippen molar-refractivity contribution in [2.24, 2.45) is 5.84 Å². The standard InChI is InChI=1S/C16H16BrFN2/c17-12-6-5-11(15(18)9-12)8-16(20-19)14-7-10-3-1-2-4-13(10)14/h1-6,9,14,16,20H,7-8,19H2. The van der Waals surface area contributed by atoms with Gasteiger partial charge < -0.3 is 0 Å². The number of hydrogen-bond donors (Lipinski definition) is 2. The molecule has 3 rings (SSSR count). The summed E-state index contributed by atoms with van der Waals surface area (Å²) in [4.78, 5) is 0. The summed E-state index contributed by atoms with van der Waals surface area (Å²) < 4.78 is 14.7. The normalized spacial score (nSPS) is 18.2. The second-order valence-electron chi connectivity index (χ2n) is 5.22. The Labute approximate surface area is 126 Å². The minimum atomic E-state index is -0.188. The molecule has 2 unspecified atom stereocenters. The molecule has 1 aliphatic carbocycles. The van der Waals surface area contributed by atoms with E-state index in [0.717, 1.165) is 10.9 Å². The predicted molar refractivity (Wildman–Crippen MR) is 81.8 cm³/mol. The Balaban J connectivity index is 1.79. The molecule has 3 N–H and O–H groups in total. The van der Waals surface area contributed by atoms with E-state index in [0.29, 0.717) is 17.9 Å². The predicted octanol–water partition coefficient (Wildman–Crippen LogP) is 3.30. The van der Waals surface area contributed by atoms with E-state index in [9.17, 15) is 4.39 Å². The molecular weight excluding hydrogens is 319 g/mol. The third-order valence-electron chi connectivity index (χ3n) is 4.05. The van der Waals surface area contributed by atoms with E-state index in [-0.39, 0.29) is 11.9 Å². The Morgan fingerprint density at radius 1 is 1.30 bits per heavy atom. The minimum absolute atomic E-state index is 0.0561. The van der Waals surface area contributed by atoms with Crippen LogP contribution < -0.4 is 11.3 Å². The molecule has 0 radical (unpaired) electrons. The molecule has 20 heavy (non-hydrogen) atoms. The monoisotopic (exact) mass is 334 g/mol. The van der Waals surface area contributed by atoms with Gasteiger partial charge >= 0.3 is 0 Å². The maximum absolute atomic E-state index is 13.9. The maximum Gasteiger partial charge on any atom is 0.127 e. The van der Waals surface area contributed by atoms with Gasteiger partial charge in [-0.2, -0.15) is 0 Å². The Hall–Kier alpha value is -1.23. The summed E-state index contributed by atoms with van der Waals surface area (Å²) in [5.74, 6) is 5.86. The van der Waals surface area contributed by atoms with Gasteiger partial charge in [0.15, 0.2) is 0 Å². The van der Waals surface area contributed by atoms with Crippen molar-refractivity contribution < 1.29 is 4.39 Å². The average molecular weight is 335 g/mol. The Kier molecular flexibility index (Phi) is 3.87. The van der Waals surface area contributed by atoms with Crippen LogP contribution in [0.1, 0.15) is 22.6 Å². The van der Waals surface area contributed by atoms with Crippen LogP contribution in [0.4, 0.5) is 4.39 Å². The fourth-order valence-electron chi connectivity index (χ4n) is 2.90. The first-order chi connectivity index (χ1) is 9.69. The van der Waals surface area contributed by atoms with Crippen molar-refractivity contribution in [2.45, 2.75) is 24.8 Å². The maximum atomic E-state index is 13.9. The Morgan fingerprint density at radius 3 is 2.80 bits per heavy atom. The highest BCUT2D eigenvalue weighted by Gasteiger charge is 2.32. The summed E-state index contributed by atoms with van der Waals surface area (Å²) in [6.07, 6.45) is 1.60.